The Morgan fingerprint density at radius 3 is 2.63 bits per heavy atom. The number of nitrogens with one attached hydrogen (secondary N) is 1. The summed E-state index contributed by atoms with van der Waals surface area (Å²) in [5, 5.41) is 11.8. The molecule has 0 bridgehead atoms. The van der Waals surface area contributed by atoms with Crippen molar-refractivity contribution < 1.29 is 13.9 Å². The van der Waals surface area contributed by atoms with Crippen LogP contribution in [-0.4, -0.2) is 31.9 Å². The van der Waals surface area contributed by atoms with Gasteiger partial charge in [0.2, 0.25) is 0 Å². The highest BCUT2D eigenvalue weighted by atomic mass is 19.1. The van der Waals surface area contributed by atoms with Crippen molar-refractivity contribution in [3.8, 4) is 0 Å². The summed E-state index contributed by atoms with van der Waals surface area (Å²) in [5.74, 6) is -0.689. The Bertz CT molecular complexity index is 416. The van der Waals surface area contributed by atoms with Crippen LogP contribution in [0.4, 0.5) is 14.5 Å². The minimum Gasteiger partial charge on any atom is -0.396 e. The van der Waals surface area contributed by atoms with Crippen molar-refractivity contribution in [2.24, 2.45) is 5.92 Å². The summed E-state index contributed by atoms with van der Waals surface area (Å²) < 4.78 is 28.1. The van der Waals surface area contributed by atoms with Crippen molar-refractivity contribution in [1.29, 1.82) is 0 Å². The van der Waals surface area contributed by atoms with Gasteiger partial charge in [-0.05, 0) is 43.5 Å². The lowest BCUT2D eigenvalue weighted by atomic mass is 10.1. The number of benzene rings is 1. The standard InChI is InChI=1S/C14H20F2N2O/c1-17-8-11-6-12(15)14(13(16)7-11)18-4-2-10(9-18)3-5-19/h6-7,10,17,19H,2-5,8-9H2,1H3. The first-order valence-corrected chi connectivity index (χ1v) is 6.64. The van der Waals surface area contributed by atoms with E-state index in [1.807, 2.05) is 0 Å². The van der Waals surface area contributed by atoms with Crippen LogP contribution in [0.5, 0.6) is 0 Å². The van der Waals surface area contributed by atoms with Gasteiger partial charge in [-0.15, -0.1) is 0 Å². The Kier molecular flexibility index (Phi) is 4.71. The van der Waals surface area contributed by atoms with Gasteiger partial charge in [0.25, 0.3) is 0 Å². The monoisotopic (exact) mass is 270 g/mol. The van der Waals surface area contributed by atoms with Gasteiger partial charge in [0, 0.05) is 26.2 Å². The molecule has 2 N–H and O–H groups in total. The second kappa shape index (κ2) is 6.30. The number of halogens is 2. The quantitative estimate of drug-likeness (QED) is 0.857. The molecule has 1 aromatic carbocycles. The minimum absolute atomic E-state index is 0.0697. The van der Waals surface area contributed by atoms with E-state index in [2.05, 4.69) is 5.32 Å². The largest absolute Gasteiger partial charge is 0.396 e. The molecular weight excluding hydrogens is 250 g/mol. The van der Waals surface area contributed by atoms with Crippen LogP contribution in [0.2, 0.25) is 0 Å². The highest BCUT2D eigenvalue weighted by Gasteiger charge is 2.26. The first-order chi connectivity index (χ1) is 9.15. The third-order valence-corrected chi connectivity index (χ3v) is 3.60. The second-order valence-electron chi connectivity index (χ2n) is 5.05. The zero-order chi connectivity index (χ0) is 13.8. The topological polar surface area (TPSA) is 35.5 Å². The molecule has 3 nitrogen and oxygen atoms in total. The lowest BCUT2D eigenvalue weighted by Crippen LogP contribution is -2.23. The Balaban J connectivity index is 2.16. The van der Waals surface area contributed by atoms with Crippen LogP contribution in [0, 0.1) is 17.6 Å². The van der Waals surface area contributed by atoms with Crippen LogP contribution in [0.15, 0.2) is 12.1 Å². The number of aliphatic hydroxyl groups excluding tert-OH is 1. The van der Waals surface area contributed by atoms with Crippen LogP contribution in [0.25, 0.3) is 0 Å². The van der Waals surface area contributed by atoms with Gasteiger partial charge in [-0.25, -0.2) is 8.78 Å². The lowest BCUT2D eigenvalue weighted by molar-refractivity contribution is 0.263. The maximum atomic E-state index is 14.0. The van der Waals surface area contributed by atoms with Crippen molar-refractivity contribution in [3.63, 3.8) is 0 Å². The van der Waals surface area contributed by atoms with E-state index in [1.165, 1.54) is 12.1 Å². The Labute approximate surface area is 112 Å². The van der Waals surface area contributed by atoms with Crippen LogP contribution in [0.1, 0.15) is 18.4 Å². The van der Waals surface area contributed by atoms with Crippen LogP contribution in [-0.2, 0) is 6.54 Å². The normalized spacial score (nSPS) is 19.2. The maximum Gasteiger partial charge on any atom is 0.149 e. The molecule has 19 heavy (non-hydrogen) atoms. The third-order valence-electron chi connectivity index (χ3n) is 3.60. The fourth-order valence-corrected chi connectivity index (χ4v) is 2.68. The highest BCUT2D eigenvalue weighted by molar-refractivity contribution is 5.51. The van der Waals surface area contributed by atoms with E-state index in [-0.39, 0.29) is 12.3 Å². The average molecular weight is 270 g/mol. The summed E-state index contributed by atoms with van der Waals surface area (Å²) in [6.07, 6.45) is 1.56. The number of rotatable bonds is 5. The summed E-state index contributed by atoms with van der Waals surface area (Å²) >= 11 is 0. The minimum atomic E-state index is -0.505. The van der Waals surface area contributed by atoms with E-state index in [0.717, 1.165) is 6.42 Å². The molecule has 0 spiro atoms. The van der Waals surface area contributed by atoms with Gasteiger partial charge in [-0.2, -0.15) is 0 Å². The molecule has 0 radical (unpaired) electrons. The zero-order valence-electron chi connectivity index (χ0n) is 11.1. The smallest absolute Gasteiger partial charge is 0.149 e. The van der Waals surface area contributed by atoms with Gasteiger partial charge in [0.05, 0.1) is 0 Å². The Morgan fingerprint density at radius 1 is 1.37 bits per heavy atom. The lowest BCUT2D eigenvalue weighted by Gasteiger charge is -2.20. The Hall–Kier alpha value is -1.20. The number of aliphatic hydroxyl groups is 1. The molecular formula is C14H20F2N2O. The van der Waals surface area contributed by atoms with Crippen molar-refractivity contribution in [2.45, 2.75) is 19.4 Å². The van der Waals surface area contributed by atoms with E-state index < -0.39 is 11.6 Å². The molecule has 5 heteroatoms. The number of anilines is 1. The first-order valence-electron chi connectivity index (χ1n) is 6.64. The van der Waals surface area contributed by atoms with Crippen LogP contribution < -0.4 is 10.2 Å². The molecule has 0 amide bonds. The molecule has 1 saturated heterocycles. The Morgan fingerprint density at radius 2 is 2.05 bits per heavy atom. The third kappa shape index (κ3) is 3.22. The molecule has 1 unspecified atom stereocenters. The molecule has 1 atom stereocenters. The summed E-state index contributed by atoms with van der Waals surface area (Å²) in [6.45, 7) is 1.83. The van der Waals surface area contributed by atoms with Crippen molar-refractivity contribution in [1.82, 2.24) is 5.32 Å². The number of hydrogen-bond acceptors (Lipinski definition) is 3. The number of nitrogens with zero attached hydrogens (tertiary/aromatic N) is 1. The van der Waals surface area contributed by atoms with E-state index in [9.17, 15) is 8.78 Å². The molecule has 1 aromatic rings. The molecule has 1 aliphatic heterocycles. The van der Waals surface area contributed by atoms with E-state index in [4.69, 9.17) is 5.11 Å². The van der Waals surface area contributed by atoms with Gasteiger partial charge in [-0.3, -0.25) is 0 Å². The van der Waals surface area contributed by atoms with Gasteiger partial charge < -0.3 is 15.3 Å². The number of hydrogen-bond donors (Lipinski definition) is 2. The van der Waals surface area contributed by atoms with E-state index in [1.54, 1.807) is 11.9 Å². The molecule has 0 aliphatic carbocycles. The summed E-state index contributed by atoms with van der Waals surface area (Å²) in [6, 6.07) is 2.77. The summed E-state index contributed by atoms with van der Waals surface area (Å²) in [5.41, 5.74) is 0.674. The molecule has 1 aliphatic rings. The molecule has 1 heterocycles. The SMILES string of the molecule is CNCc1cc(F)c(N2CCC(CCO)C2)c(F)c1. The van der Waals surface area contributed by atoms with Crippen LogP contribution in [0.3, 0.4) is 0 Å². The predicted molar refractivity (Wildman–Crippen MR) is 71.1 cm³/mol. The van der Waals surface area contributed by atoms with Gasteiger partial charge in [-0.1, -0.05) is 0 Å². The van der Waals surface area contributed by atoms with E-state index in [0.29, 0.717) is 37.5 Å². The fraction of sp³-hybridized carbons (Fsp3) is 0.571. The molecule has 0 saturated carbocycles. The predicted octanol–water partition coefficient (Wildman–Crippen LogP) is 1.89. The molecule has 0 aromatic heterocycles. The van der Waals surface area contributed by atoms with Gasteiger partial charge >= 0.3 is 0 Å². The second-order valence-corrected chi connectivity index (χ2v) is 5.05. The van der Waals surface area contributed by atoms with Crippen molar-refractivity contribution >= 4 is 5.69 Å². The highest BCUT2D eigenvalue weighted by Crippen LogP contribution is 2.30. The maximum absolute atomic E-state index is 14.0. The van der Waals surface area contributed by atoms with Crippen molar-refractivity contribution in [3.05, 3.63) is 29.3 Å². The van der Waals surface area contributed by atoms with E-state index >= 15 is 0 Å². The van der Waals surface area contributed by atoms with Gasteiger partial charge in [0.1, 0.15) is 17.3 Å². The van der Waals surface area contributed by atoms with Crippen LogP contribution >= 0.6 is 0 Å². The van der Waals surface area contributed by atoms with Gasteiger partial charge in [0.15, 0.2) is 0 Å². The van der Waals surface area contributed by atoms with Crippen molar-refractivity contribution in [2.75, 3.05) is 31.6 Å². The average Bonchev–Trinajstić information content (AvgIpc) is 2.77. The molecule has 2 rings (SSSR count). The first kappa shape index (κ1) is 14.2. The summed E-state index contributed by atoms with van der Waals surface area (Å²) in [4.78, 5) is 1.74. The fourth-order valence-electron chi connectivity index (χ4n) is 2.68. The molecule has 106 valence electrons. The summed E-state index contributed by atoms with van der Waals surface area (Å²) in [7, 11) is 1.74. The molecule has 1 fully saturated rings. The zero-order valence-corrected chi connectivity index (χ0v) is 11.1.